The van der Waals surface area contributed by atoms with E-state index in [-0.39, 0.29) is 5.56 Å². The number of aromatic amines is 1. The van der Waals surface area contributed by atoms with E-state index in [2.05, 4.69) is 15.0 Å². The molecule has 2 aromatic carbocycles. The first kappa shape index (κ1) is 19.3. The Morgan fingerprint density at radius 2 is 1.81 bits per heavy atom. The van der Waals surface area contributed by atoms with Crippen LogP contribution in [0.3, 0.4) is 0 Å². The van der Waals surface area contributed by atoms with Crippen LogP contribution in [-0.2, 0) is 5.75 Å². The maximum Gasteiger partial charge on any atom is 0.278 e. The lowest BCUT2D eigenvalue weighted by Crippen LogP contribution is -2.07. The van der Waals surface area contributed by atoms with Crippen molar-refractivity contribution in [2.24, 2.45) is 0 Å². The molecule has 5 rings (SSSR count). The van der Waals surface area contributed by atoms with Crippen LogP contribution >= 0.6 is 11.8 Å². The van der Waals surface area contributed by atoms with Crippen LogP contribution in [-0.4, -0.2) is 24.5 Å². The van der Waals surface area contributed by atoms with Crippen molar-refractivity contribution in [1.82, 2.24) is 24.5 Å². The van der Waals surface area contributed by atoms with Crippen LogP contribution in [0.15, 0.2) is 75.3 Å². The second-order valence-electron chi connectivity index (χ2n) is 7.15. The van der Waals surface area contributed by atoms with E-state index in [1.165, 1.54) is 23.7 Å². The lowest BCUT2D eigenvalue weighted by molar-refractivity contribution is 0.540. The summed E-state index contributed by atoms with van der Waals surface area (Å²) in [6, 6.07) is 17.8. The summed E-state index contributed by atoms with van der Waals surface area (Å²) in [6.45, 7) is 3.96. The number of hydrogen-bond acceptors (Lipinski definition) is 6. The third-order valence-electron chi connectivity index (χ3n) is 4.96. The molecule has 0 amide bonds. The second-order valence-corrected chi connectivity index (χ2v) is 8.09. The minimum atomic E-state index is -0.263. The van der Waals surface area contributed by atoms with Crippen LogP contribution < -0.4 is 5.56 Å². The number of H-pyrrole nitrogens is 1. The molecular formula is C23H19N5O2S. The van der Waals surface area contributed by atoms with Crippen LogP contribution in [0, 0.1) is 13.8 Å². The minimum absolute atomic E-state index is 0.263. The number of aromatic nitrogens is 5. The summed E-state index contributed by atoms with van der Waals surface area (Å²) in [6.07, 6.45) is 1.40. The number of oxazole rings is 1. The summed E-state index contributed by atoms with van der Waals surface area (Å²) in [5.41, 5.74) is 4.43. The number of hydrogen-bond donors (Lipinski definition) is 1. The molecular weight excluding hydrogens is 410 g/mol. The summed E-state index contributed by atoms with van der Waals surface area (Å²) < 4.78 is 7.80. The predicted octanol–water partition coefficient (Wildman–Crippen LogP) is 4.67. The zero-order chi connectivity index (χ0) is 21.4. The fourth-order valence-corrected chi connectivity index (χ4v) is 4.32. The molecule has 7 nitrogen and oxygen atoms in total. The normalized spacial score (nSPS) is 11.3. The molecule has 0 atom stereocenters. The molecule has 0 saturated carbocycles. The number of fused-ring (bicyclic) bond motifs is 1. The van der Waals surface area contributed by atoms with Crippen molar-refractivity contribution in [2.45, 2.75) is 24.8 Å². The molecule has 0 aliphatic carbocycles. The fourth-order valence-electron chi connectivity index (χ4n) is 3.30. The van der Waals surface area contributed by atoms with E-state index in [1.54, 1.807) is 0 Å². The lowest BCUT2D eigenvalue weighted by Gasteiger charge is -2.07. The third-order valence-corrected chi connectivity index (χ3v) is 5.91. The Hall–Kier alpha value is -3.65. The Kier molecular flexibility index (Phi) is 4.91. The molecule has 0 spiro atoms. The molecule has 0 radical (unpaired) electrons. The molecule has 8 heteroatoms. The first-order chi connectivity index (χ1) is 15.1. The van der Waals surface area contributed by atoms with Gasteiger partial charge in [-0.25, -0.2) is 15.0 Å². The average Bonchev–Trinajstić information content (AvgIpc) is 3.34. The van der Waals surface area contributed by atoms with Crippen molar-refractivity contribution in [3.05, 3.63) is 88.3 Å². The van der Waals surface area contributed by atoms with Crippen molar-refractivity contribution < 1.29 is 4.42 Å². The summed E-state index contributed by atoms with van der Waals surface area (Å²) in [5, 5.41) is 0.671. The number of nitrogens with zero attached hydrogens (tertiary/aromatic N) is 4. The summed E-state index contributed by atoms with van der Waals surface area (Å²) in [4.78, 5) is 28.5. The van der Waals surface area contributed by atoms with Crippen LogP contribution in [0.5, 0.6) is 0 Å². The van der Waals surface area contributed by atoms with Crippen LogP contribution in [0.2, 0.25) is 0 Å². The van der Waals surface area contributed by atoms with Crippen molar-refractivity contribution in [3.63, 3.8) is 0 Å². The van der Waals surface area contributed by atoms with E-state index in [9.17, 15) is 4.79 Å². The van der Waals surface area contributed by atoms with Crippen LogP contribution in [0.25, 0.3) is 28.3 Å². The number of aryl methyl sites for hydroxylation is 2. The quantitative estimate of drug-likeness (QED) is 0.408. The third kappa shape index (κ3) is 3.66. The highest BCUT2D eigenvalue weighted by Crippen LogP contribution is 2.30. The average molecular weight is 430 g/mol. The monoisotopic (exact) mass is 429 g/mol. The van der Waals surface area contributed by atoms with Gasteiger partial charge in [0.1, 0.15) is 5.76 Å². The molecule has 3 heterocycles. The van der Waals surface area contributed by atoms with Crippen molar-refractivity contribution in [3.8, 4) is 17.1 Å². The van der Waals surface area contributed by atoms with Gasteiger partial charge in [0.25, 0.3) is 5.56 Å². The van der Waals surface area contributed by atoms with Crippen LogP contribution in [0.1, 0.15) is 17.0 Å². The smallest absolute Gasteiger partial charge is 0.278 e. The Balaban J connectivity index is 1.50. The van der Waals surface area contributed by atoms with E-state index in [4.69, 9.17) is 9.40 Å². The van der Waals surface area contributed by atoms with Gasteiger partial charge < -0.3 is 9.40 Å². The molecule has 31 heavy (non-hydrogen) atoms. The molecule has 5 aromatic rings. The van der Waals surface area contributed by atoms with Crippen LogP contribution in [0.4, 0.5) is 0 Å². The Labute approximate surface area is 182 Å². The van der Waals surface area contributed by atoms with Gasteiger partial charge in [0, 0.05) is 17.0 Å². The van der Waals surface area contributed by atoms with Gasteiger partial charge in [-0.1, -0.05) is 47.7 Å². The Morgan fingerprint density at radius 1 is 1.03 bits per heavy atom. The zero-order valence-corrected chi connectivity index (χ0v) is 17.8. The van der Waals surface area contributed by atoms with Gasteiger partial charge in [-0.05, 0) is 38.1 Å². The van der Waals surface area contributed by atoms with Crippen molar-refractivity contribution >= 4 is 22.9 Å². The molecule has 3 aromatic heterocycles. The van der Waals surface area contributed by atoms with Crippen molar-refractivity contribution in [1.29, 1.82) is 0 Å². The highest BCUT2D eigenvalue weighted by atomic mass is 32.2. The van der Waals surface area contributed by atoms with Gasteiger partial charge in [0.2, 0.25) is 5.89 Å². The van der Waals surface area contributed by atoms with E-state index in [0.717, 1.165) is 22.7 Å². The second kappa shape index (κ2) is 7.88. The maximum absolute atomic E-state index is 12.3. The number of para-hydroxylation sites is 1. The first-order valence-electron chi connectivity index (χ1n) is 9.78. The number of imidazole rings is 1. The maximum atomic E-state index is 12.3. The summed E-state index contributed by atoms with van der Waals surface area (Å²) >= 11 is 1.49. The SMILES string of the molecule is Cc1ccc(-c2nc(CSc3nc4c(=O)[nH]cnc4n3-c3ccccc3)c(C)o2)cc1. The molecule has 0 unspecified atom stereocenters. The van der Waals surface area contributed by atoms with Gasteiger partial charge >= 0.3 is 0 Å². The highest BCUT2D eigenvalue weighted by Gasteiger charge is 2.18. The standard InChI is InChI=1S/C23H19N5O2S/c1-14-8-10-16(11-9-14)22-26-18(15(2)30-22)12-31-23-27-19-20(24-13-25-21(19)29)28(23)17-6-4-3-5-7-17/h3-11,13H,12H2,1-2H3,(H,24,25,29). The van der Waals surface area contributed by atoms with Gasteiger partial charge in [0.15, 0.2) is 16.3 Å². The molecule has 0 saturated heterocycles. The minimum Gasteiger partial charge on any atom is -0.441 e. The fraction of sp³-hybridized carbons (Fsp3) is 0.130. The van der Waals surface area contributed by atoms with E-state index < -0.39 is 0 Å². The lowest BCUT2D eigenvalue weighted by atomic mass is 10.1. The van der Waals surface area contributed by atoms with E-state index in [1.807, 2.05) is 73.0 Å². The highest BCUT2D eigenvalue weighted by molar-refractivity contribution is 7.98. The molecule has 0 bridgehead atoms. The zero-order valence-electron chi connectivity index (χ0n) is 17.0. The van der Waals surface area contributed by atoms with E-state index in [0.29, 0.717) is 28.0 Å². The topological polar surface area (TPSA) is 89.6 Å². The Bertz CT molecular complexity index is 1420. The van der Waals surface area contributed by atoms with E-state index >= 15 is 0 Å². The Morgan fingerprint density at radius 3 is 2.58 bits per heavy atom. The molecule has 0 fully saturated rings. The number of thioether (sulfide) groups is 1. The molecule has 0 aliphatic rings. The van der Waals surface area contributed by atoms with Gasteiger partial charge in [-0.3, -0.25) is 9.36 Å². The molecule has 0 aliphatic heterocycles. The van der Waals surface area contributed by atoms with Gasteiger partial charge in [0.05, 0.1) is 12.0 Å². The molecule has 154 valence electrons. The summed E-state index contributed by atoms with van der Waals surface area (Å²) in [7, 11) is 0. The van der Waals surface area contributed by atoms with Gasteiger partial charge in [-0.15, -0.1) is 0 Å². The van der Waals surface area contributed by atoms with Crippen molar-refractivity contribution in [2.75, 3.05) is 0 Å². The van der Waals surface area contributed by atoms with Gasteiger partial charge in [-0.2, -0.15) is 0 Å². The predicted molar refractivity (Wildman–Crippen MR) is 120 cm³/mol. The summed E-state index contributed by atoms with van der Waals surface area (Å²) in [5.74, 6) is 1.92. The number of nitrogens with one attached hydrogen (secondary N) is 1. The number of benzene rings is 2. The molecule has 1 N–H and O–H groups in total. The largest absolute Gasteiger partial charge is 0.441 e. The number of rotatable bonds is 5. The first-order valence-corrected chi connectivity index (χ1v) is 10.8.